The maximum absolute atomic E-state index is 6.12. The number of halogens is 3. The van der Waals surface area contributed by atoms with Gasteiger partial charge in [0, 0.05) is 11.0 Å². The summed E-state index contributed by atoms with van der Waals surface area (Å²) < 4.78 is 0.873. The van der Waals surface area contributed by atoms with Crippen LogP contribution in [0.2, 0.25) is 10.0 Å². The van der Waals surface area contributed by atoms with Crippen molar-refractivity contribution in [2.24, 2.45) is 0 Å². The molecule has 0 saturated carbocycles. The van der Waals surface area contributed by atoms with E-state index >= 15 is 0 Å². The molecule has 0 aliphatic heterocycles. The van der Waals surface area contributed by atoms with Crippen molar-refractivity contribution in [2.75, 3.05) is 5.32 Å². The third kappa shape index (κ3) is 3.38. The van der Waals surface area contributed by atoms with Gasteiger partial charge in [-0.1, -0.05) is 69.5 Å². The molecule has 0 amide bonds. The van der Waals surface area contributed by atoms with E-state index < -0.39 is 0 Å². The van der Waals surface area contributed by atoms with Crippen molar-refractivity contribution in [3.05, 3.63) is 62.5 Å². The molecule has 2 aromatic carbocycles. The number of anilines is 1. The van der Waals surface area contributed by atoms with Crippen molar-refractivity contribution in [3.8, 4) is 0 Å². The van der Waals surface area contributed by atoms with E-state index in [1.165, 1.54) is 5.56 Å². The van der Waals surface area contributed by atoms with Crippen LogP contribution in [0.25, 0.3) is 0 Å². The Bertz CT molecular complexity index is 491. The highest BCUT2D eigenvalue weighted by molar-refractivity contribution is 9.10. The zero-order valence-electron chi connectivity index (χ0n) is 8.88. The molecule has 88 valence electrons. The van der Waals surface area contributed by atoms with Crippen molar-refractivity contribution in [1.29, 1.82) is 0 Å². The van der Waals surface area contributed by atoms with Gasteiger partial charge in [-0.2, -0.15) is 0 Å². The Morgan fingerprint density at radius 1 is 1.00 bits per heavy atom. The minimum absolute atomic E-state index is 0.611. The van der Waals surface area contributed by atoms with Crippen LogP contribution < -0.4 is 5.32 Å². The van der Waals surface area contributed by atoms with Crippen LogP contribution in [0, 0.1) is 0 Å². The van der Waals surface area contributed by atoms with E-state index in [9.17, 15) is 0 Å². The second-order valence-corrected chi connectivity index (χ2v) is 5.31. The molecule has 1 nitrogen and oxygen atoms in total. The Morgan fingerprint density at radius 3 is 2.18 bits per heavy atom. The summed E-state index contributed by atoms with van der Waals surface area (Å²) in [7, 11) is 0. The van der Waals surface area contributed by atoms with Gasteiger partial charge in [-0.3, -0.25) is 0 Å². The molecule has 0 aliphatic rings. The summed E-state index contributed by atoms with van der Waals surface area (Å²) in [6.07, 6.45) is 0. The maximum Gasteiger partial charge on any atom is 0.0722 e. The molecule has 17 heavy (non-hydrogen) atoms. The van der Waals surface area contributed by atoms with Gasteiger partial charge < -0.3 is 5.32 Å². The average molecular weight is 331 g/mol. The van der Waals surface area contributed by atoms with Crippen molar-refractivity contribution >= 4 is 44.8 Å². The summed E-state index contributed by atoms with van der Waals surface area (Å²) in [5.41, 5.74) is 1.95. The normalized spacial score (nSPS) is 10.3. The van der Waals surface area contributed by atoms with Crippen LogP contribution in [-0.2, 0) is 6.54 Å². The Balaban J connectivity index is 2.15. The Morgan fingerprint density at radius 2 is 1.59 bits per heavy atom. The standard InChI is InChI=1S/C13H10BrCl2N/c14-10-6-11(15)13(12(16)7-10)17-8-9-4-2-1-3-5-9/h1-7,17H,8H2. The molecular formula is C13H10BrCl2N. The number of benzene rings is 2. The first kappa shape index (κ1) is 12.7. The van der Waals surface area contributed by atoms with Gasteiger partial charge >= 0.3 is 0 Å². The minimum atomic E-state index is 0.611. The molecule has 0 heterocycles. The van der Waals surface area contributed by atoms with E-state index in [2.05, 4.69) is 21.2 Å². The third-order valence-electron chi connectivity index (χ3n) is 2.32. The van der Waals surface area contributed by atoms with Crippen LogP contribution in [0.15, 0.2) is 46.9 Å². The van der Waals surface area contributed by atoms with E-state index in [0.717, 1.165) is 10.2 Å². The molecule has 0 unspecified atom stereocenters. The minimum Gasteiger partial charge on any atom is -0.379 e. The molecule has 0 bridgehead atoms. The van der Waals surface area contributed by atoms with Gasteiger partial charge in [-0.15, -0.1) is 0 Å². The van der Waals surface area contributed by atoms with E-state index in [-0.39, 0.29) is 0 Å². The largest absolute Gasteiger partial charge is 0.379 e. The molecule has 0 atom stereocenters. The van der Waals surface area contributed by atoms with Crippen LogP contribution in [0.5, 0.6) is 0 Å². The first-order valence-electron chi connectivity index (χ1n) is 5.09. The Kier molecular flexibility index (Phi) is 4.32. The highest BCUT2D eigenvalue weighted by atomic mass is 79.9. The fourth-order valence-electron chi connectivity index (χ4n) is 1.50. The molecule has 0 spiro atoms. The zero-order chi connectivity index (χ0) is 12.3. The van der Waals surface area contributed by atoms with Crippen LogP contribution >= 0.6 is 39.1 Å². The topological polar surface area (TPSA) is 12.0 Å². The van der Waals surface area contributed by atoms with Gasteiger partial charge in [-0.25, -0.2) is 0 Å². The summed E-state index contributed by atoms with van der Waals surface area (Å²) >= 11 is 15.6. The predicted molar refractivity (Wildman–Crippen MR) is 77.9 cm³/mol. The second kappa shape index (κ2) is 5.76. The second-order valence-electron chi connectivity index (χ2n) is 3.58. The lowest BCUT2D eigenvalue weighted by atomic mass is 10.2. The van der Waals surface area contributed by atoms with Crippen LogP contribution in [0.4, 0.5) is 5.69 Å². The lowest BCUT2D eigenvalue weighted by molar-refractivity contribution is 1.15. The zero-order valence-corrected chi connectivity index (χ0v) is 12.0. The SMILES string of the molecule is Clc1cc(Br)cc(Cl)c1NCc1ccccc1. The lowest BCUT2D eigenvalue weighted by Crippen LogP contribution is -2.00. The molecule has 2 aromatic rings. The fourth-order valence-corrected chi connectivity index (χ4v) is 2.84. The molecule has 1 N–H and O–H groups in total. The summed E-state index contributed by atoms with van der Waals surface area (Å²) in [4.78, 5) is 0. The van der Waals surface area contributed by atoms with Crippen LogP contribution in [0.1, 0.15) is 5.56 Å². The van der Waals surface area contributed by atoms with E-state index in [1.54, 1.807) is 0 Å². The summed E-state index contributed by atoms with van der Waals surface area (Å²) in [5, 5.41) is 4.46. The van der Waals surface area contributed by atoms with E-state index in [0.29, 0.717) is 16.6 Å². The van der Waals surface area contributed by atoms with E-state index in [1.807, 2.05) is 42.5 Å². The Labute approximate surface area is 119 Å². The highest BCUT2D eigenvalue weighted by Gasteiger charge is 2.06. The lowest BCUT2D eigenvalue weighted by Gasteiger charge is -2.11. The third-order valence-corrected chi connectivity index (χ3v) is 3.37. The predicted octanol–water partition coefficient (Wildman–Crippen LogP) is 5.37. The van der Waals surface area contributed by atoms with Crippen LogP contribution in [0.3, 0.4) is 0 Å². The van der Waals surface area contributed by atoms with Gasteiger partial charge in [-0.05, 0) is 17.7 Å². The number of nitrogens with one attached hydrogen (secondary N) is 1. The number of hydrogen-bond acceptors (Lipinski definition) is 1. The van der Waals surface area contributed by atoms with Crippen molar-refractivity contribution in [3.63, 3.8) is 0 Å². The summed E-state index contributed by atoms with van der Waals surface area (Å²) in [5.74, 6) is 0. The summed E-state index contributed by atoms with van der Waals surface area (Å²) in [6.45, 7) is 0.696. The molecule has 2 rings (SSSR count). The van der Waals surface area contributed by atoms with Gasteiger partial charge in [0.2, 0.25) is 0 Å². The molecule has 0 aromatic heterocycles. The molecule has 0 fully saturated rings. The molecule has 0 radical (unpaired) electrons. The average Bonchev–Trinajstić information content (AvgIpc) is 2.29. The molecule has 0 aliphatic carbocycles. The van der Waals surface area contributed by atoms with Gasteiger partial charge in [0.1, 0.15) is 0 Å². The van der Waals surface area contributed by atoms with Gasteiger partial charge in [0.15, 0.2) is 0 Å². The molecular weight excluding hydrogens is 321 g/mol. The van der Waals surface area contributed by atoms with Crippen molar-refractivity contribution in [2.45, 2.75) is 6.54 Å². The first-order chi connectivity index (χ1) is 8.16. The smallest absolute Gasteiger partial charge is 0.0722 e. The first-order valence-corrected chi connectivity index (χ1v) is 6.64. The van der Waals surface area contributed by atoms with Gasteiger partial charge in [0.25, 0.3) is 0 Å². The Hall–Kier alpha value is -0.700. The van der Waals surface area contributed by atoms with Gasteiger partial charge in [0.05, 0.1) is 15.7 Å². The summed E-state index contributed by atoms with van der Waals surface area (Å²) in [6, 6.07) is 13.7. The highest BCUT2D eigenvalue weighted by Crippen LogP contribution is 2.33. The quantitative estimate of drug-likeness (QED) is 0.797. The van der Waals surface area contributed by atoms with Crippen LogP contribution in [-0.4, -0.2) is 0 Å². The monoisotopic (exact) mass is 329 g/mol. The van der Waals surface area contributed by atoms with E-state index in [4.69, 9.17) is 23.2 Å². The fraction of sp³-hybridized carbons (Fsp3) is 0.0769. The molecule has 0 saturated heterocycles. The van der Waals surface area contributed by atoms with Crippen molar-refractivity contribution < 1.29 is 0 Å². The molecule has 4 heteroatoms. The maximum atomic E-state index is 6.12. The number of rotatable bonds is 3. The number of hydrogen-bond donors (Lipinski definition) is 1. The van der Waals surface area contributed by atoms with Crippen molar-refractivity contribution in [1.82, 2.24) is 0 Å².